The van der Waals surface area contributed by atoms with Gasteiger partial charge in [0.25, 0.3) is 0 Å². The highest BCUT2D eigenvalue weighted by Gasteiger charge is 1.78. The van der Waals surface area contributed by atoms with Crippen molar-refractivity contribution in [2.24, 2.45) is 5.84 Å². The van der Waals surface area contributed by atoms with Crippen molar-refractivity contribution in [3.63, 3.8) is 0 Å². The molecule has 3 N–H and O–H groups in total. The Morgan fingerprint density at radius 2 is 1.89 bits per heavy atom. The van der Waals surface area contributed by atoms with Crippen LogP contribution in [0.2, 0.25) is 0 Å². The topological polar surface area (TPSA) is 38.0 Å². The first kappa shape index (κ1) is 2.90. The standard InChI is InChI=1S/C6H8N2.ClH/c7-8-6-4-2-1-3-5-6;/h1-5,8H,7H2;1H/i1D,2D,3D,4D,5D;. The van der Waals surface area contributed by atoms with Crippen LogP contribution in [-0.4, -0.2) is 0 Å². The molecule has 0 aliphatic heterocycles. The van der Waals surface area contributed by atoms with E-state index in [1.165, 1.54) is 0 Å². The summed E-state index contributed by atoms with van der Waals surface area (Å²) in [6, 6.07) is -1.86. The van der Waals surface area contributed by atoms with Crippen LogP contribution in [-0.2, 0) is 0 Å². The van der Waals surface area contributed by atoms with Crippen molar-refractivity contribution in [1.29, 1.82) is 0 Å². The molecule has 9 heavy (non-hydrogen) atoms. The summed E-state index contributed by atoms with van der Waals surface area (Å²) < 4.78 is 36.4. The smallest absolute Gasteiger partial charge is 0.0645 e. The molecular formula is C6H9ClN2. The summed E-state index contributed by atoms with van der Waals surface area (Å²) in [5.74, 6) is 5.02. The largest absolute Gasteiger partial charge is 0.324 e. The van der Waals surface area contributed by atoms with Crippen LogP contribution in [0.3, 0.4) is 0 Å². The van der Waals surface area contributed by atoms with E-state index in [4.69, 9.17) is 12.7 Å². The molecule has 0 atom stereocenters. The summed E-state index contributed by atoms with van der Waals surface area (Å²) in [4.78, 5) is 0. The van der Waals surface area contributed by atoms with Gasteiger partial charge in [0, 0.05) is 5.69 Å². The molecule has 0 aromatic heterocycles. The Kier molecular flexibility index (Phi) is 1.35. The van der Waals surface area contributed by atoms with Crippen molar-refractivity contribution in [3.05, 3.63) is 30.2 Å². The minimum Gasteiger partial charge on any atom is -0.324 e. The van der Waals surface area contributed by atoms with E-state index in [9.17, 15) is 0 Å². The third-order valence-electron chi connectivity index (χ3n) is 0.644. The number of nitrogens with one attached hydrogen (secondary N) is 1. The van der Waals surface area contributed by atoms with Gasteiger partial charge in [-0.15, -0.1) is 12.4 Å². The van der Waals surface area contributed by atoms with Crippen molar-refractivity contribution >= 4 is 18.1 Å². The Labute approximate surface area is 67.5 Å². The Balaban J connectivity index is 0.00000169. The first-order valence-corrected chi connectivity index (χ1v) is 2.04. The van der Waals surface area contributed by atoms with E-state index in [0.717, 1.165) is 0 Å². The summed E-state index contributed by atoms with van der Waals surface area (Å²) in [5.41, 5.74) is 1.98. The molecule has 1 aromatic rings. The summed E-state index contributed by atoms with van der Waals surface area (Å²) >= 11 is 0. The van der Waals surface area contributed by atoms with Crippen molar-refractivity contribution in [3.8, 4) is 0 Å². The Bertz CT molecular complexity index is 328. The van der Waals surface area contributed by atoms with Gasteiger partial charge in [-0.2, -0.15) is 0 Å². The van der Waals surface area contributed by atoms with Crippen LogP contribution in [0.15, 0.2) is 30.2 Å². The molecule has 1 aromatic carbocycles. The summed E-state index contributed by atoms with van der Waals surface area (Å²) in [6.07, 6.45) is 0. The van der Waals surface area contributed by atoms with Gasteiger partial charge in [0.15, 0.2) is 0 Å². The molecule has 50 valence electrons. The van der Waals surface area contributed by atoms with Gasteiger partial charge in [-0.05, 0) is 12.1 Å². The SMILES string of the molecule is Cl.[2H]c1c([2H])c([2H])c(NN)c([2H])c1[2H]. The number of nitrogens with two attached hydrogens (primary N) is 1. The maximum Gasteiger partial charge on any atom is 0.0645 e. The molecule has 3 heteroatoms. The fourth-order valence-corrected chi connectivity index (χ4v) is 0.322. The molecule has 0 radical (unpaired) electrons. The molecule has 0 heterocycles. The van der Waals surface area contributed by atoms with Crippen molar-refractivity contribution in [2.75, 3.05) is 5.43 Å². The monoisotopic (exact) mass is 149 g/mol. The number of hydrogen-bond acceptors (Lipinski definition) is 2. The molecule has 0 bridgehead atoms. The predicted octanol–water partition coefficient (Wildman–Crippen LogP) is 1.39. The van der Waals surface area contributed by atoms with Crippen molar-refractivity contribution in [2.45, 2.75) is 0 Å². The number of hydrogen-bond donors (Lipinski definition) is 2. The number of hydrazine groups is 1. The molecule has 0 spiro atoms. The number of para-hydroxylation sites is 1. The summed E-state index contributed by atoms with van der Waals surface area (Å²) in [5, 5.41) is 0. The summed E-state index contributed by atoms with van der Waals surface area (Å²) in [7, 11) is 0. The van der Waals surface area contributed by atoms with Gasteiger partial charge >= 0.3 is 0 Å². The van der Waals surface area contributed by atoms with Gasteiger partial charge in [0.2, 0.25) is 0 Å². The minimum atomic E-state index is -0.422. The molecule has 0 saturated carbocycles. The van der Waals surface area contributed by atoms with Gasteiger partial charge in [-0.1, -0.05) is 18.1 Å². The van der Waals surface area contributed by atoms with Crippen LogP contribution < -0.4 is 11.3 Å². The molecule has 0 amide bonds. The van der Waals surface area contributed by atoms with E-state index >= 15 is 0 Å². The molecule has 0 aliphatic rings. The lowest BCUT2D eigenvalue weighted by Crippen LogP contribution is -2.05. The van der Waals surface area contributed by atoms with Crippen LogP contribution in [0.1, 0.15) is 6.85 Å². The van der Waals surface area contributed by atoms with Crippen molar-refractivity contribution < 1.29 is 6.85 Å². The second-order valence-corrected chi connectivity index (χ2v) is 1.14. The lowest BCUT2D eigenvalue weighted by molar-refractivity contribution is 1.35. The minimum absolute atomic E-state index is 0. The molecule has 0 saturated heterocycles. The van der Waals surface area contributed by atoms with Crippen LogP contribution in [0, 0.1) is 0 Å². The quantitative estimate of drug-likeness (QED) is 0.468. The third kappa shape index (κ3) is 2.35. The molecule has 1 rings (SSSR count). The highest BCUT2D eigenvalue weighted by Crippen LogP contribution is 2.00. The molecule has 0 unspecified atom stereocenters. The second-order valence-electron chi connectivity index (χ2n) is 1.14. The lowest BCUT2D eigenvalue weighted by Gasteiger charge is -1.94. The maximum atomic E-state index is 7.32. The molecule has 2 nitrogen and oxygen atoms in total. The van der Waals surface area contributed by atoms with E-state index in [0.29, 0.717) is 0 Å². The van der Waals surface area contributed by atoms with E-state index in [1.807, 2.05) is 0 Å². The van der Waals surface area contributed by atoms with E-state index in [2.05, 4.69) is 5.43 Å². The first-order valence-electron chi connectivity index (χ1n) is 4.54. The van der Waals surface area contributed by atoms with Gasteiger partial charge in [-0.3, -0.25) is 5.84 Å². The van der Waals surface area contributed by atoms with Gasteiger partial charge in [0.1, 0.15) is 0 Å². The maximum absolute atomic E-state index is 7.32. The average molecular weight is 150 g/mol. The first-order chi connectivity index (χ1) is 6.00. The number of benzene rings is 1. The van der Waals surface area contributed by atoms with Gasteiger partial charge in [0.05, 0.1) is 6.85 Å². The number of anilines is 1. The normalized spacial score (nSPS) is 15.4. The van der Waals surface area contributed by atoms with E-state index in [1.54, 1.807) is 0 Å². The Morgan fingerprint density at radius 1 is 1.33 bits per heavy atom. The molecule has 0 fully saturated rings. The zero-order valence-electron chi connectivity index (χ0n) is 9.49. The van der Waals surface area contributed by atoms with Crippen LogP contribution in [0.25, 0.3) is 0 Å². The van der Waals surface area contributed by atoms with Crippen LogP contribution in [0.4, 0.5) is 5.69 Å². The van der Waals surface area contributed by atoms with Crippen molar-refractivity contribution in [1.82, 2.24) is 0 Å². The zero-order valence-corrected chi connectivity index (χ0v) is 5.30. The van der Waals surface area contributed by atoms with E-state index in [-0.39, 0.29) is 30.2 Å². The van der Waals surface area contributed by atoms with Crippen LogP contribution in [0.5, 0.6) is 0 Å². The number of nitrogen functional groups attached to an aromatic ring is 1. The lowest BCUT2D eigenvalue weighted by atomic mass is 10.3. The van der Waals surface area contributed by atoms with Gasteiger partial charge in [-0.25, -0.2) is 0 Å². The van der Waals surface area contributed by atoms with E-state index < -0.39 is 18.1 Å². The van der Waals surface area contributed by atoms with Gasteiger partial charge < -0.3 is 5.43 Å². The Hall–Kier alpha value is -0.730. The Morgan fingerprint density at radius 3 is 2.33 bits per heavy atom. The molecular weight excluding hydrogens is 136 g/mol. The third-order valence-corrected chi connectivity index (χ3v) is 0.644. The highest BCUT2D eigenvalue weighted by molar-refractivity contribution is 5.85. The summed E-state index contributed by atoms with van der Waals surface area (Å²) in [6.45, 7) is 0. The fourth-order valence-electron chi connectivity index (χ4n) is 0.322. The highest BCUT2D eigenvalue weighted by atomic mass is 35.5. The number of rotatable bonds is 1. The average Bonchev–Trinajstić information content (AvgIpc) is 2.13. The fraction of sp³-hybridized carbons (Fsp3) is 0. The molecule has 0 aliphatic carbocycles. The number of halogens is 1. The second kappa shape index (κ2) is 4.18. The van der Waals surface area contributed by atoms with Crippen LogP contribution >= 0.6 is 12.4 Å². The predicted molar refractivity (Wildman–Crippen MR) is 41.5 cm³/mol. The zero-order chi connectivity index (χ0) is 10.2.